The van der Waals surface area contributed by atoms with Crippen LogP contribution < -0.4 is 20.4 Å². The number of hydrogen-bond acceptors (Lipinski definition) is 7. The largest absolute Gasteiger partial charge is 0.368 e. The van der Waals surface area contributed by atoms with Crippen LogP contribution in [0.1, 0.15) is 70.3 Å². The summed E-state index contributed by atoms with van der Waals surface area (Å²) in [4.78, 5) is 50.1. The van der Waals surface area contributed by atoms with Gasteiger partial charge in [-0.15, -0.1) is 11.3 Å². The first-order valence-corrected chi connectivity index (χ1v) is 16.1. The number of carbonyl (C=O) groups excluding carboxylic acids is 3. The van der Waals surface area contributed by atoms with E-state index in [4.69, 9.17) is 11.6 Å². The van der Waals surface area contributed by atoms with E-state index in [1.165, 1.54) is 22.6 Å². The van der Waals surface area contributed by atoms with E-state index in [1.807, 2.05) is 24.8 Å². The summed E-state index contributed by atoms with van der Waals surface area (Å²) in [6.07, 6.45) is 2.20. The Bertz CT molecular complexity index is 1480. The Morgan fingerprint density at radius 3 is 2.40 bits per heavy atom. The number of hydrogen-bond donors (Lipinski definition) is 2. The molecule has 2 aliphatic rings. The third kappa shape index (κ3) is 7.30. The lowest BCUT2D eigenvalue weighted by Crippen LogP contribution is -2.47. The van der Waals surface area contributed by atoms with Crippen LogP contribution in [-0.2, 0) is 4.79 Å². The molecule has 11 heteroatoms. The van der Waals surface area contributed by atoms with Crippen LogP contribution in [0.5, 0.6) is 0 Å². The van der Waals surface area contributed by atoms with Crippen molar-refractivity contribution in [3.8, 4) is 0 Å². The summed E-state index contributed by atoms with van der Waals surface area (Å²) in [5, 5.41) is 6.02. The van der Waals surface area contributed by atoms with Crippen LogP contribution in [0.3, 0.4) is 0 Å². The lowest BCUT2D eigenvalue weighted by atomic mass is 10.1. The lowest BCUT2D eigenvalue weighted by molar-refractivity contribution is -0.127. The molecule has 43 heavy (non-hydrogen) atoms. The Labute approximate surface area is 262 Å². The number of halogens is 1. The SMILES string of the molecule is Cc1ccccc1N1CCN(c2ccc(C(=O)NCCCN3CCCC3=O)cc2NC(=O)c2nc(Cl)sc2C(C)C)CC1. The molecule has 0 atom stereocenters. The van der Waals surface area contributed by atoms with E-state index in [1.54, 1.807) is 12.1 Å². The van der Waals surface area contributed by atoms with Gasteiger partial charge in [0, 0.05) is 68.4 Å². The summed E-state index contributed by atoms with van der Waals surface area (Å²) in [6, 6.07) is 13.8. The van der Waals surface area contributed by atoms with E-state index in [0.29, 0.717) is 47.3 Å². The van der Waals surface area contributed by atoms with Crippen molar-refractivity contribution in [3.05, 3.63) is 68.6 Å². The summed E-state index contributed by atoms with van der Waals surface area (Å²) in [7, 11) is 0. The average molecular weight is 623 g/mol. The zero-order valence-electron chi connectivity index (χ0n) is 25.0. The Hall–Kier alpha value is -3.63. The highest BCUT2D eigenvalue weighted by Crippen LogP contribution is 2.33. The van der Waals surface area contributed by atoms with E-state index in [2.05, 4.69) is 56.6 Å². The van der Waals surface area contributed by atoms with Gasteiger partial charge in [-0.3, -0.25) is 14.4 Å². The summed E-state index contributed by atoms with van der Waals surface area (Å²) in [6.45, 7) is 11.2. The van der Waals surface area contributed by atoms with Gasteiger partial charge < -0.3 is 25.3 Å². The van der Waals surface area contributed by atoms with Gasteiger partial charge in [0.05, 0.1) is 11.4 Å². The number of aromatic nitrogens is 1. The van der Waals surface area contributed by atoms with Gasteiger partial charge in [0.15, 0.2) is 4.47 Å². The zero-order chi connectivity index (χ0) is 30.5. The first kappa shape index (κ1) is 30.8. The standard InChI is InChI=1S/C32H39ClN6O3S/c1-21(2)29-28(36-32(33)43-29)31(42)35-24-20-23(30(41)34-13-7-15-39-14-6-10-27(39)40)11-12-26(24)38-18-16-37(17-19-38)25-9-5-4-8-22(25)3/h4-5,8-9,11-12,20-21H,6-7,10,13-19H2,1-3H3,(H,34,41)(H,35,42). The molecule has 3 heterocycles. The molecule has 0 aliphatic carbocycles. The maximum Gasteiger partial charge on any atom is 0.275 e. The fourth-order valence-electron chi connectivity index (χ4n) is 5.71. The molecule has 0 spiro atoms. The van der Waals surface area contributed by atoms with Crippen LogP contribution in [0.25, 0.3) is 0 Å². The number of para-hydroxylation sites is 1. The third-order valence-corrected chi connectivity index (χ3v) is 9.47. The number of thiazole rings is 1. The number of carbonyl (C=O) groups is 3. The molecular formula is C32H39ClN6O3S. The number of piperazine rings is 1. The minimum absolute atomic E-state index is 0.0905. The minimum atomic E-state index is -0.348. The molecule has 2 aliphatic heterocycles. The molecule has 2 saturated heterocycles. The molecule has 2 aromatic carbocycles. The molecule has 3 aromatic rings. The van der Waals surface area contributed by atoms with Crippen molar-refractivity contribution in [3.63, 3.8) is 0 Å². The summed E-state index contributed by atoms with van der Waals surface area (Å²) in [5.41, 5.74) is 4.66. The first-order valence-electron chi connectivity index (χ1n) is 14.9. The Kier molecular flexibility index (Phi) is 9.87. The second kappa shape index (κ2) is 13.8. The van der Waals surface area contributed by atoms with Crippen LogP contribution in [0.15, 0.2) is 42.5 Å². The molecule has 2 N–H and O–H groups in total. The average Bonchev–Trinajstić information content (AvgIpc) is 3.60. The van der Waals surface area contributed by atoms with E-state index < -0.39 is 0 Å². The van der Waals surface area contributed by atoms with Gasteiger partial charge in [-0.2, -0.15) is 0 Å². The molecule has 9 nitrogen and oxygen atoms in total. The molecular weight excluding hydrogens is 584 g/mol. The van der Waals surface area contributed by atoms with Crippen LogP contribution in [0.2, 0.25) is 4.47 Å². The maximum atomic E-state index is 13.5. The summed E-state index contributed by atoms with van der Waals surface area (Å²) >= 11 is 7.51. The van der Waals surface area contributed by atoms with Crippen molar-refractivity contribution in [1.29, 1.82) is 0 Å². The molecule has 0 unspecified atom stereocenters. The van der Waals surface area contributed by atoms with Gasteiger partial charge in [0.1, 0.15) is 5.69 Å². The Balaban J connectivity index is 1.32. The highest BCUT2D eigenvalue weighted by atomic mass is 35.5. The van der Waals surface area contributed by atoms with Gasteiger partial charge in [0.25, 0.3) is 11.8 Å². The third-order valence-electron chi connectivity index (χ3n) is 8.01. The second-order valence-electron chi connectivity index (χ2n) is 11.4. The molecule has 228 valence electrons. The number of benzene rings is 2. The van der Waals surface area contributed by atoms with E-state index in [0.717, 1.165) is 49.7 Å². The molecule has 2 fully saturated rings. The van der Waals surface area contributed by atoms with Crippen molar-refractivity contribution in [2.75, 3.05) is 60.9 Å². The van der Waals surface area contributed by atoms with Crippen molar-refractivity contribution in [2.45, 2.75) is 46.0 Å². The van der Waals surface area contributed by atoms with Gasteiger partial charge >= 0.3 is 0 Å². The number of rotatable bonds is 10. The minimum Gasteiger partial charge on any atom is -0.368 e. The predicted molar refractivity (Wildman–Crippen MR) is 174 cm³/mol. The highest BCUT2D eigenvalue weighted by molar-refractivity contribution is 7.16. The molecule has 0 bridgehead atoms. The molecule has 0 radical (unpaired) electrons. The van der Waals surface area contributed by atoms with Crippen molar-refractivity contribution < 1.29 is 14.4 Å². The normalized spacial score (nSPS) is 15.4. The van der Waals surface area contributed by atoms with Crippen LogP contribution in [0, 0.1) is 6.92 Å². The lowest BCUT2D eigenvalue weighted by Gasteiger charge is -2.38. The molecule has 1 aromatic heterocycles. The monoisotopic (exact) mass is 622 g/mol. The van der Waals surface area contributed by atoms with E-state index >= 15 is 0 Å². The quantitative estimate of drug-likeness (QED) is 0.288. The number of amides is 3. The number of nitrogens with one attached hydrogen (secondary N) is 2. The zero-order valence-corrected chi connectivity index (χ0v) is 26.6. The summed E-state index contributed by atoms with van der Waals surface area (Å²) < 4.78 is 0.324. The Morgan fingerprint density at radius 1 is 1.00 bits per heavy atom. The van der Waals surface area contributed by atoms with Gasteiger partial charge in [-0.1, -0.05) is 43.6 Å². The van der Waals surface area contributed by atoms with Crippen LogP contribution >= 0.6 is 22.9 Å². The fraction of sp³-hybridized carbons (Fsp3) is 0.438. The van der Waals surface area contributed by atoms with Crippen LogP contribution in [0.4, 0.5) is 17.1 Å². The number of aryl methyl sites for hydroxylation is 1. The van der Waals surface area contributed by atoms with E-state index in [-0.39, 0.29) is 23.6 Å². The predicted octanol–water partition coefficient (Wildman–Crippen LogP) is 5.55. The molecule has 3 amide bonds. The number of nitrogens with zero attached hydrogens (tertiary/aromatic N) is 4. The van der Waals surface area contributed by atoms with E-state index in [9.17, 15) is 14.4 Å². The van der Waals surface area contributed by atoms with Crippen molar-refractivity contribution >= 4 is 57.7 Å². The Morgan fingerprint density at radius 2 is 1.72 bits per heavy atom. The highest BCUT2D eigenvalue weighted by Gasteiger charge is 2.25. The van der Waals surface area contributed by atoms with Crippen molar-refractivity contribution in [2.24, 2.45) is 0 Å². The fourth-order valence-corrected chi connectivity index (χ4v) is 6.84. The maximum absolute atomic E-state index is 13.5. The second-order valence-corrected chi connectivity index (χ2v) is 13.0. The van der Waals surface area contributed by atoms with Gasteiger partial charge in [-0.05, 0) is 55.5 Å². The molecule has 0 saturated carbocycles. The molecule has 5 rings (SSSR count). The topological polar surface area (TPSA) is 97.9 Å². The van der Waals surface area contributed by atoms with Gasteiger partial charge in [-0.25, -0.2) is 4.98 Å². The van der Waals surface area contributed by atoms with Crippen LogP contribution in [-0.4, -0.2) is 73.4 Å². The smallest absolute Gasteiger partial charge is 0.275 e. The van der Waals surface area contributed by atoms with Gasteiger partial charge in [0.2, 0.25) is 5.91 Å². The first-order chi connectivity index (χ1) is 20.7. The number of anilines is 3. The number of likely N-dealkylation sites (tertiary alicyclic amines) is 1. The summed E-state index contributed by atoms with van der Waals surface area (Å²) in [5.74, 6) is -0.296. The van der Waals surface area contributed by atoms with Crippen molar-refractivity contribution in [1.82, 2.24) is 15.2 Å².